The van der Waals surface area contributed by atoms with Crippen molar-refractivity contribution in [1.29, 1.82) is 0 Å². The van der Waals surface area contributed by atoms with Crippen LogP contribution >= 0.6 is 0 Å². The Bertz CT molecular complexity index is 458. The number of ether oxygens (including phenoxy) is 1. The number of benzene rings is 1. The first-order chi connectivity index (χ1) is 10.1. The van der Waals surface area contributed by atoms with Crippen molar-refractivity contribution in [2.24, 2.45) is 0 Å². The maximum Gasteiger partial charge on any atom is 0.317 e. The van der Waals surface area contributed by atoms with Gasteiger partial charge in [0.1, 0.15) is 5.82 Å². The van der Waals surface area contributed by atoms with Gasteiger partial charge in [-0.05, 0) is 31.2 Å². The molecule has 0 bridgehead atoms. The number of halogens is 1. The van der Waals surface area contributed by atoms with Gasteiger partial charge in [-0.1, -0.05) is 0 Å². The third-order valence-corrected chi connectivity index (χ3v) is 3.55. The standard InChI is InChI=1S/C15H22FN3O2/c1-12(11-21-2)17-15(20)19-9-7-18(8-10-19)14-5-3-13(16)4-6-14/h3-6,12H,7-11H2,1-2H3,(H,17,20). The van der Waals surface area contributed by atoms with Crippen LogP contribution in [0.25, 0.3) is 0 Å². The Hall–Kier alpha value is -1.82. The van der Waals surface area contributed by atoms with E-state index in [-0.39, 0.29) is 17.9 Å². The molecule has 1 aliphatic rings. The lowest BCUT2D eigenvalue weighted by atomic mass is 10.2. The third kappa shape index (κ3) is 4.32. The van der Waals surface area contributed by atoms with Crippen molar-refractivity contribution in [3.8, 4) is 0 Å². The van der Waals surface area contributed by atoms with E-state index in [9.17, 15) is 9.18 Å². The van der Waals surface area contributed by atoms with E-state index in [0.717, 1.165) is 18.8 Å². The second-order valence-corrected chi connectivity index (χ2v) is 5.26. The first kappa shape index (κ1) is 15.6. The Morgan fingerprint density at radius 2 is 1.90 bits per heavy atom. The van der Waals surface area contributed by atoms with Gasteiger partial charge in [0.15, 0.2) is 0 Å². The molecule has 1 aromatic carbocycles. The molecule has 0 radical (unpaired) electrons. The first-order valence-corrected chi connectivity index (χ1v) is 7.15. The monoisotopic (exact) mass is 295 g/mol. The molecule has 1 saturated heterocycles. The fraction of sp³-hybridized carbons (Fsp3) is 0.533. The highest BCUT2D eigenvalue weighted by Gasteiger charge is 2.22. The predicted molar refractivity (Wildman–Crippen MR) is 80.1 cm³/mol. The van der Waals surface area contributed by atoms with Crippen LogP contribution in [0.15, 0.2) is 24.3 Å². The molecule has 5 nitrogen and oxygen atoms in total. The van der Waals surface area contributed by atoms with Crippen molar-refractivity contribution in [2.45, 2.75) is 13.0 Å². The number of hydrogen-bond acceptors (Lipinski definition) is 3. The number of hydrogen-bond donors (Lipinski definition) is 1. The van der Waals surface area contributed by atoms with Crippen molar-refractivity contribution in [2.75, 3.05) is 44.8 Å². The van der Waals surface area contributed by atoms with E-state index in [4.69, 9.17) is 4.74 Å². The molecule has 6 heteroatoms. The third-order valence-electron chi connectivity index (χ3n) is 3.55. The van der Waals surface area contributed by atoms with Gasteiger partial charge in [-0.25, -0.2) is 9.18 Å². The minimum Gasteiger partial charge on any atom is -0.383 e. The van der Waals surface area contributed by atoms with Gasteiger partial charge >= 0.3 is 6.03 Å². The van der Waals surface area contributed by atoms with Gasteiger partial charge in [0.05, 0.1) is 12.6 Å². The highest BCUT2D eigenvalue weighted by atomic mass is 19.1. The Morgan fingerprint density at radius 1 is 1.29 bits per heavy atom. The summed E-state index contributed by atoms with van der Waals surface area (Å²) in [5.74, 6) is -0.233. The van der Waals surface area contributed by atoms with E-state index >= 15 is 0 Å². The van der Waals surface area contributed by atoms with Crippen LogP contribution in [0.3, 0.4) is 0 Å². The smallest absolute Gasteiger partial charge is 0.317 e. The highest BCUT2D eigenvalue weighted by molar-refractivity contribution is 5.74. The number of piperazine rings is 1. The number of anilines is 1. The first-order valence-electron chi connectivity index (χ1n) is 7.15. The van der Waals surface area contributed by atoms with Crippen LogP contribution in [0.4, 0.5) is 14.9 Å². The molecule has 1 atom stereocenters. The Balaban J connectivity index is 1.82. The minimum absolute atomic E-state index is 0.00220. The summed E-state index contributed by atoms with van der Waals surface area (Å²) < 4.78 is 17.9. The summed E-state index contributed by atoms with van der Waals surface area (Å²) in [4.78, 5) is 16.0. The van der Waals surface area contributed by atoms with Crippen LogP contribution in [-0.4, -0.2) is 56.9 Å². The summed E-state index contributed by atoms with van der Waals surface area (Å²) in [7, 11) is 1.62. The van der Waals surface area contributed by atoms with Gasteiger partial charge in [-0.3, -0.25) is 0 Å². The molecule has 1 aliphatic heterocycles. The second-order valence-electron chi connectivity index (χ2n) is 5.26. The SMILES string of the molecule is COCC(C)NC(=O)N1CCN(c2ccc(F)cc2)CC1. The largest absolute Gasteiger partial charge is 0.383 e. The molecule has 1 unspecified atom stereocenters. The topological polar surface area (TPSA) is 44.8 Å². The van der Waals surface area contributed by atoms with Crippen LogP contribution in [0.1, 0.15) is 6.92 Å². The van der Waals surface area contributed by atoms with E-state index in [0.29, 0.717) is 19.7 Å². The zero-order chi connectivity index (χ0) is 15.2. The maximum atomic E-state index is 12.9. The quantitative estimate of drug-likeness (QED) is 0.919. The molecule has 0 aliphatic carbocycles. The number of nitrogens with one attached hydrogen (secondary N) is 1. The normalized spacial score (nSPS) is 16.7. The fourth-order valence-electron chi connectivity index (χ4n) is 2.41. The summed E-state index contributed by atoms with van der Waals surface area (Å²) in [6.45, 7) is 5.22. The zero-order valence-electron chi connectivity index (χ0n) is 12.5. The summed E-state index contributed by atoms with van der Waals surface area (Å²) in [5, 5.41) is 2.91. The van der Waals surface area contributed by atoms with Crippen molar-refractivity contribution in [3.05, 3.63) is 30.1 Å². The van der Waals surface area contributed by atoms with E-state index < -0.39 is 0 Å². The van der Waals surface area contributed by atoms with Crippen LogP contribution in [0.5, 0.6) is 0 Å². The Labute approximate surface area is 124 Å². The molecular formula is C15H22FN3O2. The van der Waals surface area contributed by atoms with Gasteiger partial charge in [0.25, 0.3) is 0 Å². The van der Waals surface area contributed by atoms with Crippen LogP contribution in [-0.2, 0) is 4.74 Å². The molecule has 0 aromatic heterocycles. The lowest BCUT2D eigenvalue weighted by molar-refractivity contribution is 0.158. The fourth-order valence-corrected chi connectivity index (χ4v) is 2.41. The number of amides is 2. The maximum absolute atomic E-state index is 12.9. The average Bonchev–Trinajstić information content (AvgIpc) is 2.48. The van der Waals surface area contributed by atoms with Crippen molar-refractivity contribution in [1.82, 2.24) is 10.2 Å². The number of methoxy groups -OCH3 is 1. The van der Waals surface area contributed by atoms with Gasteiger partial charge in [-0.15, -0.1) is 0 Å². The van der Waals surface area contributed by atoms with Crippen molar-refractivity contribution in [3.63, 3.8) is 0 Å². The highest BCUT2D eigenvalue weighted by Crippen LogP contribution is 2.16. The Kier molecular flexibility index (Phi) is 5.38. The van der Waals surface area contributed by atoms with Gasteiger partial charge in [0, 0.05) is 39.0 Å². The molecular weight excluding hydrogens is 273 g/mol. The van der Waals surface area contributed by atoms with E-state index in [1.165, 1.54) is 12.1 Å². The van der Waals surface area contributed by atoms with Crippen LogP contribution in [0, 0.1) is 5.82 Å². The van der Waals surface area contributed by atoms with E-state index in [1.807, 2.05) is 6.92 Å². The number of rotatable bonds is 4. The molecule has 116 valence electrons. The lowest BCUT2D eigenvalue weighted by Gasteiger charge is -2.36. The molecule has 0 saturated carbocycles. The van der Waals surface area contributed by atoms with Crippen LogP contribution in [0.2, 0.25) is 0 Å². The number of nitrogens with zero attached hydrogens (tertiary/aromatic N) is 2. The van der Waals surface area contributed by atoms with E-state index in [1.54, 1.807) is 24.1 Å². The summed E-state index contributed by atoms with van der Waals surface area (Å²) in [6.07, 6.45) is 0. The Morgan fingerprint density at radius 3 is 2.48 bits per heavy atom. The number of carbonyl (C=O) groups excluding carboxylic acids is 1. The molecule has 1 heterocycles. The molecule has 1 N–H and O–H groups in total. The second kappa shape index (κ2) is 7.26. The zero-order valence-corrected chi connectivity index (χ0v) is 12.5. The molecule has 21 heavy (non-hydrogen) atoms. The summed E-state index contributed by atoms with van der Waals surface area (Å²) in [5.41, 5.74) is 0.990. The molecule has 1 aromatic rings. The molecule has 1 fully saturated rings. The lowest BCUT2D eigenvalue weighted by Crippen LogP contribution is -2.53. The summed E-state index contributed by atoms with van der Waals surface area (Å²) in [6, 6.07) is 6.40. The molecule has 0 spiro atoms. The van der Waals surface area contributed by atoms with Crippen LogP contribution < -0.4 is 10.2 Å². The minimum atomic E-state index is -0.233. The van der Waals surface area contributed by atoms with Gasteiger partial charge < -0.3 is 19.9 Å². The van der Waals surface area contributed by atoms with Gasteiger partial charge in [0.2, 0.25) is 0 Å². The molecule has 2 amide bonds. The van der Waals surface area contributed by atoms with Crippen molar-refractivity contribution >= 4 is 11.7 Å². The number of urea groups is 1. The summed E-state index contributed by atoms with van der Waals surface area (Å²) >= 11 is 0. The predicted octanol–water partition coefficient (Wildman–Crippen LogP) is 1.69. The van der Waals surface area contributed by atoms with E-state index in [2.05, 4.69) is 10.2 Å². The number of carbonyl (C=O) groups is 1. The molecule has 2 rings (SSSR count). The van der Waals surface area contributed by atoms with Gasteiger partial charge in [-0.2, -0.15) is 0 Å². The van der Waals surface area contributed by atoms with Crippen molar-refractivity contribution < 1.29 is 13.9 Å². The average molecular weight is 295 g/mol.